The van der Waals surface area contributed by atoms with E-state index in [9.17, 15) is 14.3 Å². The van der Waals surface area contributed by atoms with Gasteiger partial charge in [0.25, 0.3) is 0 Å². The van der Waals surface area contributed by atoms with Gasteiger partial charge in [-0.1, -0.05) is 36.4 Å². The number of aliphatic carboxylic acids is 1. The minimum atomic E-state index is -0.934. The van der Waals surface area contributed by atoms with E-state index in [-0.39, 0.29) is 12.4 Å². The molecule has 0 heterocycles. The highest BCUT2D eigenvalue weighted by Gasteiger charge is 2.19. The molecule has 0 fully saturated rings. The topological polar surface area (TPSA) is 49.3 Å². The average Bonchev–Trinajstić information content (AvgIpc) is 2.42. The van der Waals surface area contributed by atoms with Crippen molar-refractivity contribution < 1.29 is 14.3 Å². The zero-order valence-corrected chi connectivity index (χ0v) is 11.1. The lowest BCUT2D eigenvalue weighted by Crippen LogP contribution is -2.21. The summed E-state index contributed by atoms with van der Waals surface area (Å²) < 4.78 is 13.7. The molecule has 2 aromatic rings. The number of carboxylic acid groups (broad SMARTS) is 1. The quantitative estimate of drug-likeness (QED) is 0.877. The third kappa shape index (κ3) is 3.35. The van der Waals surface area contributed by atoms with Crippen LogP contribution in [0.3, 0.4) is 0 Å². The Morgan fingerprint density at radius 1 is 1.25 bits per heavy atom. The number of aryl methyl sites for hydroxylation is 1. The molecule has 0 bridgehead atoms. The zero-order valence-electron chi connectivity index (χ0n) is 11.1. The third-order valence-electron chi connectivity index (χ3n) is 3.12. The molecule has 104 valence electrons. The summed E-state index contributed by atoms with van der Waals surface area (Å²) in [4.78, 5) is 11.3. The van der Waals surface area contributed by atoms with Gasteiger partial charge in [-0.05, 0) is 30.2 Å². The predicted molar refractivity (Wildman–Crippen MR) is 76.4 cm³/mol. The highest BCUT2D eigenvalue weighted by atomic mass is 19.1. The summed E-state index contributed by atoms with van der Waals surface area (Å²) in [5.74, 6) is -2.02. The zero-order chi connectivity index (χ0) is 14.5. The largest absolute Gasteiger partial charge is 0.481 e. The van der Waals surface area contributed by atoms with E-state index in [4.69, 9.17) is 0 Å². The Morgan fingerprint density at radius 2 is 1.95 bits per heavy atom. The Hall–Kier alpha value is -2.36. The van der Waals surface area contributed by atoms with Gasteiger partial charge in [-0.25, -0.2) is 4.39 Å². The highest BCUT2D eigenvalue weighted by molar-refractivity contribution is 5.77. The van der Waals surface area contributed by atoms with Crippen LogP contribution in [0.15, 0.2) is 48.5 Å². The van der Waals surface area contributed by atoms with E-state index >= 15 is 0 Å². The lowest BCUT2D eigenvalue weighted by atomic mass is 9.99. The summed E-state index contributed by atoms with van der Waals surface area (Å²) in [7, 11) is 0. The van der Waals surface area contributed by atoms with Crippen molar-refractivity contribution in [2.24, 2.45) is 0 Å². The molecule has 0 saturated heterocycles. The fraction of sp³-hybridized carbons (Fsp3) is 0.188. The van der Waals surface area contributed by atoms with Gasteiger partial charge in [-0.3, -0.25) is 4.79 Å². The summed E-state index contributed by atoms with van der Waals surface area (Å²) in [6.45, 7) is 1.94. The molecule has 2 aromatic carbocycles. The van der Waals surface area contributed by atoms with Crippen molar-refractivity contribution in [1.82, 2.24) is 0 Å². The Labute approximate surface area is 117 Å². The maximum absolute atomic E-state index is 13.7. The number of halogens is 1. The lowest BCUT2D eigenvalue weighted by molar-refractivity contribution is -0.138. The second-order valence-electron chi connectivity index (χ2n) is 4.67. The first kappa shape index (κ1) is 14.1. The molecule has 0 aromatic heterocycles. The third-order valence-corrected chi connectivity index (χ3v) is 3.12. The molecule has 20 heavy (non-hydrogen) atoms. The first-order valence-corrected chi connectivity index (χ1v) is 6.35. The number of rotatable bonds is 5. The van der Waals surface area contributed by atoms with Crippen LogP contribution < -0.4 is 5.32 Å². The molecule has 0 aliphatic heterocycles. The maximum atomic E-state index is 13.7. The van der Waals surface area contributed by atoms with E-state index in [2.05, 4.69) is 5.32 Å². The molecule has 2 N–H and O–H groups in total. The lowest BCUT2D eigenvalue weighted by Gasteiger charge is -2.15. The van der Waals surface area contributed by atoms with Crippen LogP contribution in [0.25, 0.3) is 0 Å². The molecule has 0 amide bonds. The van der Waals surface area contributed by atoms with E-state index < -0.39 is 11.9 Å². The highest BCUT2D eigenvalue weighted by Crippen LogP contribution is 2.20. The van der Waals surface area contributed by atoms with Crippen LogP contribution >= 0.6 is 0 Å². The normalized spacial score (nSPS) is 11.9. The summed E-state index contributed by atoms with van der Waals surface area (Å²) >= 11 is 0. The molecule has 0 saturated carbocycles. The van der Waals surface area contributed by atoms with Crippen LogP contribution in [-0.4, -0.2) is 17.6 Å². The molecule has 0 aliphatic carbocycles. The van der Waals surface area contributed by atoms with E-state index in [1.807, 2.05) is 6.07 Å². The van der Waals surface area contributed by atoms with Gasteiger partial charge in [-0.2, -0.15) is 0 Å². The summed E-state index contributed by atoms with van der Waals surface area (Å²) in [6, 6.07) is 13.7. The number of anilines is 1. The number of nitrogens with one attached hydrogen (secondary N) is 1. The molecule has 0 radical (unpaired) electrons. The van der Waals surface area contributed by atoms with Gasteiger partial charge >= 0.3 is 5.97 Å². The van der Waals surface area contributed by atoms with Crippen LogP contribution in [0.5, 0.6) is 0 Å². The molecule has 0 aliphatic rings. The van der Waals surface area contributed by atoms with Crippen molar-refractivity contribution >= 4 is 11.7 Å². The van der Waals surface area contributed by atoms with Crippen molar-refractivity contribution in [3.05, 3.63) is 65.5 Å². The Morgan fingerprint density at radius 3 is 2.55 bits per heavy atom. The van der Waals surface area contributed by atoms with Gasteiger partial charge in [0.15, 0.2) is 0 Å². The van der Waals surface area contributed by atoms with Crippen LogP contribution in [0.1, 0.15) is 17.0 Å². The van der Waals surface area contributed by atoms with Crippen molar-refractivity contribution in [3.8, 4) is 0 Å². The molecule has 1 unspecified atom stereocenters. The van der Waals surface area contributed by atoms with Crippen LogP contribution in [0.2, 0.25) is 0 Å². The summed E-state index contributed by atoms with van der Waals surface area (Å²) in [5.41, 5.74) is 1.84. The summed E-state index contributed by atoms with van der Waals surface area (Å²) in [5, 5.41) is 12.1. The predicted octanol–water partition coefficient (Wildman–Crippen LogP) is 3.41. The summed E-state index contributed by atoms with van der Waals surface area (Å²) in [6.07, 6.45) is 0. The number of carbonyl (C=O) groups is 1. The van der Waals surface area contributed by atoms with Gasteiger partial charge in [0.05, 0.1) is 11.6 Å². The van der Waals surface area contributed by atoms with Gasteiger partial charge < -0.3 is 10.4 Å². The van der Waals surface area contributed by atoms with Crippen molar-refractivity contribution in [1.29, 1.82) is 0 Å². The van der Waals surface area contributed by atoms with Gasteiger partial charge in [0.2, 0.25) is 0 Å². The first-order valence-electron chi connectivity index (χ1n) is 6.35. The smallest absolute Gasteiger partial charge is 0.312 e. The Balaban J connectivity index is 2.12. The van der Waals surface area contributed by atoms with E-state index in [1.165, 1.54) is 6.07 Å². The van der Waals surface area contributed by atoms with Gasteiger partial charge in [0.1, 0.15) is 5.82 Å². The second-order valence-corrected chi connectivity index (χ2v) is 4.67. The number of hydrogen-bond donors (Lipinski definition) is 2. The molecule has 2 rings (SSSR count). The number of hydrogen-bond acceptors (Lipinski definition) is 2. The fourth-order valence-electron chi connectivity index (χ4n) is 2.01. The average molecular weight is 273 g/mol. The fourth-order valence-corrected chi connectivity index (χ4v) is 2.01. The minimum absolute atomic E-state index is 0.138. The monoisotopic (exact) mass is 273 g/mol. The molecule has 0 spiro atoms. The molecular formula is C16H16FNO2. The SMILES string of the molecule is Cc1ccc(NCC(C(=O)O)c2ccccc2)c(F)c1. The molecule has 4 heteroatoms. The van der Waals surface area contributed by atoms with Crippen LogP contribution in [0, 0.1) is 12.7 Å². The number of benzene rings is 2. The second kappa shape index (κ2) is 6.19. The Kier molecular flexibility index (Phi) is 4.35. The van der Waals surface area contributed by atoms with Gasteiger partial charge in [-0.15, -0.1) is 0 Å². The maximum Gasteiger partial charge on any atom is 0.312 e. The number of carboxylic acids is 1. The Bertz CT molecular complexity index is 599. The molecular weight excluding hydrogens is 257 g/mol. The van der Waals surface area contributed by atoms with Gasteiger partial charge in [0, 0.05) is 6.54 Å². The minimum Gasteiger partial charge on any atom is -0.481 e. The van der Waals surface area contributed by atoms with Crippen LogP contribution in [0.4, 0.5) is 10.1 Å². The first-order chi connectivity index (χ1) is 9.58. The molecule has 3 nitrogen and oxygen atoms in total. The van der Waals surface area contributed by atoms with Crippen LogP contribution in [-0.2, 0) is 4.79 Å². The van der Waals surface area contributed by atoms with E-state index in [0.29, 0.717) is 11.3 Å². The van der Waals surface area contributed by atoms with E-state index in [1.54, 1.807) is 43.3 Å². The van der Waals surface area contributed by atoms with Crippen molar-refractivity contribution in [2.45, 2.75) is 12.8 Å². The van der Waals surface area contributed by atoms with Crippen molar-refractivity contribution in [3.63, 3.8) is 0 Å². The standard InChI is InChI=1S/C16H16FNO2/c1-11-7-8-15(14(17)9-11)18-10-13(16(19)20)12-5-3-2-4-6-12/h2-9,13,18H,10H2,1H3,(H,19,20). The van der Waals surface area contributed by atoms with E-state index in [0.717, 1.165) is 5.56 Å². The van der Waals surface area contributed by atoms with Crippen molar-refractivity contribution in [2.75, 3.05) is 11.9 Å². The molecule has 1 atom stereocenters.